The van der Waals surface area contributed by atoms with Gasteiger partial charge in [0.25, 0.3) is 0 Å². The number of aryl methyl sites for hydroxylation is 1. The maximum atomic E-state index is 12.6. The van der Waals surface area contributed by atoms with Crippen LogP contribution in [-0.2, 0) is 12.5 Å². The van der Waals surface area contributed by atoms with Crippen molar-refractivity contribution >= 4 is 0 Å². The third-order valence-electron chi connectivity index (χ3n) is 5.01. The van der Waals surface area contributed by atoms with Gasteiger partial charge in [-0.25, -0.2) is 0 Å². The molecule has 3 aromatic rings. The minimum atomic E-state index is -4.76. The zero-order valence-corrected chi connectivity index (χ0v) is 14.9. The molecule has 2 heterocycles. The van der Waals surface area contributed by atoms with E-state index in [4.69, 9.17) is 4.52 Å². The first-order valence-corrected chi connectivity index (χ1v) is 8.64. The van der Waals surface area contributed by atoms with E-state index >= 15 is 0 Å². The fourth-order valence-electron chi connectivity index (χ4n) is 3.41. The van der Waals surface area contributed by atoms with Crippen LogP contribution >= 0.6 is 0 Å². The summed E-state index contributed by atoms with van der Waals surface area (Å²) < 4.78 is 48.6. The fraction of sp³-hybridized carbons (Fsp3) is 0.316. The minimum Gasteiger partial charge on any atom is -0.406 e. The Morgan fingerprint density at radius 1 is 1.21 bits per heavy atom. The molecule has 2 aromatic heterocycles. The van der Waals surface area contributed by atoms with Crippen LogP contribution in [0.2, 0.25) is 0 Å². The van der Waals surface area contributed by atoms with Crippen molar-refractivity contribution in [2.45, 2.75) is 31.0 Å². The topological polar surface area (TPSA) is 70.2 Å². The van der Waals surface area contributed by atoms with E-state index in [0.29, 0.717) is 35.7 Å². The van der Waals surface area contributed by atoms with Gasteiger partial charge in [-0.05, 0) is 36.6 Å². The van der Waals surface area contributed by atoms with Crippen molar-refractivity contribution in [1.82, 2.24) is 14.7 Å². The number of pyridine rings is 1. The molecule has 4 rings (SSSR count). The number of alkyl halides is 3. The lowest BCUT2D eigenvalue weighted by Gasteiger charge is -2.39. The predicted molar refractivity (Wildman–Crippen MR) is 92.7 cm³/mol. The number of benzene rings is 1. The number of rotatable bonds is 4. The van der Waals surface area contributed by atoms with Crippen LogP contribution in [0.25, 0.3) is 11.4 Å². The summed E-state index contributed by atoms with van der Waals surface area (Å²) in [6.07, 6.45) is -0.912. The van der Waals surface area contributed by atoms with Crippen LogP contribution in [0.1, 0.15) is 30.7 Å². The molecule has 28 heavy (non-hydrogen) atoms. The molecule has 1 saturated carbocycles. The molecule has 1 aliphatic rings. The van der Waals surface area contributed by atoms with Gasteiger partial charge < -0.3 is 13.8 Å². The van der Waals surface area contributed by atoms with Crippen molar-refractivity contribution in [1.29, 1.82) is 0 Å². The standard InChI is InChI=1S/C19H16F3N3O3/c1-25-11-12(6-7-15(25)26)16-23-17(28-24-16)18(8-3-9-18)13-4-2-5-14(10-13)27-19(20,21)22/h2,4-7,10-11H,3,8-9H2,1H3. The van der Waals surface area contributed by atoms with E-state index in [0.717, 1.165) is 6.42 Å². The van der Waals surface area contributed by atoms with E-state index in [2.05, 4.69) is 14.9 Å². The molecule has 1 aliphatic carbocycles. The van der Waals surface area contributed by atoms with Gasteiger partial charge in [0.2, 0.25) is 17.3 Å². The van der Waals surface area contributed by atoms with Crippen LogP contribution in [0.5, 0.6) is 5.75 Å². The molecule has 0 amide bonds. The van der Waals surface area contributed by atoms with Crippen LogP contribution in [0.3, 0.4) is 0 Å². The SMILES string of the molecule is Cn1cc(-c2noc(C3(c4cccc(OC(F)(F)F)c4)CCC3)n2)ccc1=O. The van der Waals surface area contributed by atoms with E-state index in [1.165, 1.54) is 28.8 Å². The van der Waals surface area contributed by atoms with Crippen molar-refractivity contribution < 1.29 is 22.4 Å². The maximum Gasteiger partial charge on any atom is 0.573 e. The Hall–Kier alpha value is -3.10. The van der Waals surface area contributed by atoms with Crippen LogP contribution in [0.15, 0.2) is 51.9 Å². The van der Waals surface area contributed by atoms with Crippen molar-refractivity contribution in [2.75, 3.05) is 0 Å². The normalized spacial score (nSPS) is 15.9. The van der Waals surface area contributed by atoms with Crippen LogP contribution in [0, 0.1) is 0 Å². The Morgan fingerprint density at radius 2 is 2.00 bits per heavy atom. The Kier molecular flexibility index (Phi) is 4.24. The molecular formula is C19H16F3N3O3. The summed E-state index contributed by atoms with van der Waals surface area (Å²) in [5, 5.41) is 4.00. The largest absolute Gasteiger partial charge is 0.573 e. The maximum absolute atomic E-state index is 12.6. The van der Waals surface area contributed by atoms with E-state index in [-0.39, 0.29) is 11.3 Å². The van der Waals surface area contributed by atoms with E-state index in [1.807, 2.05) is 0 Å². The quantitative estimate of drug-likeness (QED) is 0.677. The van der Waals surface area contributed by atoms with Crippen molar-refractivity contribution in [2.24, 2.45) is 7.05 Å². The summed E-state index contributed by atoms with van der Waals surface area (Å²) in [5.74, 6) is 0.375. The van der Waals surface area contributed by atoms with Gasteiger partial charge in [0, 0.05) is 24.9 Å². The molecule has 1 fully saturated rings. The molecule has 0 bridgehead atoms. The van der Waals surface area contributed by atoms with E-state index in [1.54, 1.807) is 25.4 Å². The summed E-state index contributed by atoms with van der Waals surface area (Å²) in [4.78, 5) is 16.0. The molecule has 0 unspecified atom stereocenters. The van der Waals surface area contributed by atoms with Crippen LogP contribution < -0.4 is 10.3 Å². The highest BCUT2D eigenvalue weighted by molar-refractivity contribution is 5.53. The molecule has 0 radical (unpaired) electrons. The summed E-state index contributed by atoms with van der Waals surface area (Å²) >= 11 is 0. The molecule has 6 nitrogen and oxygen atoms in total. The number of ether oxygens (including phenoxy) is 1. The van der Waals surface area contributed by atoms with E-state index in [9.17, 15) is 18.0 Å². The third-order valence-corrected chi connectivity index (χ3v) is 5.01. The molecule has 0 aliphatic heterocycles. The van der Waals surface area contributed by atoms with Crippen molar-refractivity contribution in [3.63, 3.8) is 0 Å². The first kappa shape index (κ1) is 18.3. The highest BCUT2D eigenvalue weighted by Gasteiger charge is 2.46. The smallest absolute Gasteiger partial charge is 0.406 e. The Morgan fingerprint density at radius 3 is 2.64 bits per heavy atom. The summed E-state index contributed by atoms with van der Waals surface area (Å²) in [6.45, 7) is 0. The van der Waals surface area contributed by atoms with Gasteiger partial charge in [-0.1, -0.05) is 23.7 Å². The zero-order chi connectivity index (χ0) is 19.9. The first-order valence-electron chi connectivity index (χ1n) is 8.64. The minimum absolute atomic E-state index is 0.163. The molecule has 1 aromatic carbocycles. The lowest BCUT2D eigenvalue weighted by atomic mass is 9.64. The zero-order valence-electron chi connectivity index (χ0n) is 14.9. The molecule has 0 N–H and O–H groups in total. The van der Waals surface area contributed by atoms with Gasteiger partial charge in [0.1, 0.15) is 5.75 Å². The summed E-state index contributed by atoms with van der Waals surface area (Å²) in [5.41, 5.74) is 0.443. The van der Waals surface area contributed by atoms with E-state index < -0.39 is 11.8 Å². The second-order valence-corrected chi connectivity index (χ2v) is 6.80. The summed E-state index contributed by atoms with van der Waals surface area (Å²) in [6, 6.07) is 8.87. The third kappa shape index (κ3) is 3.28. The predicted octanol–water partition coefficient (Wildman–Crippen LogP) is 3.80. The number of hydrogen-bond acceptors (Lipinski definition) is 5. The Labute approximate surface area is 157 Å². The Balaban J connectivity index is 1.69. The average molecular weight is 391 g/mol. The monoisotopic (exact) mass is 391 g/mol. The first-order chi connectivity index (χ1) is 13.3. The molecule has 0 saturated heterocycles. The number of aromatic nitrogens is 3. The lowest BCUT2D eigenvalue weighted by Crippen LogP contribution is -2.36. The van der Waals surface area contributed by atoms with Crippen LogP contribution in [-0.4, -0.2) is 21.1 Å². The van der Waals surface area contributed by atoms with Gasteiger partial charge in [-0.3, -0.25) is 4.79 Å². The Bertz CT molecular complexity index is 1070. The number of halogens is 3. The fourth-order valence-corrected chi connectivity index (χ4v) is 3.41. The average Bonchev–Trinajstić information content (AvgIpc) is 3.05. The van der Waals surface area contributed by atoms with Crippen molar-refractivity contribution in [3.05, 3.63) is 64.4 Å². The van der Waals surface area contributed by atoms with Gasteiger partial charge in [-0.15, -0.1) is 13.2 Å². The summed E-state index contributed by atoms with van der Waals surface area (Å²) in [7, 11) is 1.62. The second kappa shape index (κ2) is 6.50. The molecular weight excluding hydrogens is 375 g/mol. The molecule has 9 heteroatoms. The lowest BCUT2D eigenvalue weighted by molar-refractivity contribution is -0.274. The molecule has 0 atom stereocenters. The van der Waals surface area contributed by atoms with Crippen LogP contribution in [0.4, 0.5) is 13.2 Å². The van der Waals surface area contributed by atoms with Crippen molar-refractivity contribution in [3.8, 4) is 17.1 Å². The van der Waals surface area contributed by atoms with Gasteiger partial charge in [0.05, 0.1) is 5.41 Å². The van der Waals surface area contributed by atoms with Gasteiger partial charge in [0.15, 0.2) is 0 Å². The van der Waals surface area contributed by atoms with Gasteiger partial charge >= 0.3 is 6.36 Å². The number of hydrogen-bond donors (Lipinski definition) is 0. The molecule has 0 spiro atoms. The van der Waals surface area contributed by atoms with Gasteiger partial charge in [-0.2, -0.15) is 4.98 Å². The highest BCUT2D eigenvalue weighted by atomic mass is 19.4. The second-order valence-electron chi connectivity index (χ2n) is 6.80. The molecule has 146 valence electrons. The number of nitrogens with zero attached hydrogens (tertiary/aromatic N) is 3. The highest BCUT2D eigenvalue weighted by Crippen LogP contribution is 2.49.